The second-order valence-corrected chi connectivity index (χ2v) is 9.50. The monoisotopic (exact) mass is 491 g/mol. The van der Waals surface area contributed by atoms with Crippen molar-refractivity contribution in [2.24, 2.45) is 0 Å². The predicted molar refractivity (Wildman–Crippen MR) is 131 cm³/mol. The van der Waals surface area contributed by atoms with E-state index in [2.05, 4.69) is 4.98 Å². The molecule has 0 N–H and O–H groups in total. The highest BCUT2D eigenvalue weighted by Crippen LogP contribution is 2.34. The molecule has 3 heterocycles. The lowest BCUT2D eigenvalue weighted by Crippen LogP contribution is -2.38. The van der Waals surface area contributed by atoms with E-state index in [4.69, 9.17) is 9.47 Å². The number of nitrogens with zero attached hydrogens (tertiary/aromatic N) is 3. The summed E-state index contributed by atoms with van der Waals surface area (Å²) in [5.41, 5.74) is 2.28. The first-order valence-corrected chi connectivity index (χ1v) is 12.4. The molecule has 0 radical (unpaired) electrons. The van der Waals surface area contributed by atoms with Crippen LogP contribution >= 0.6 is 11.3 Å². The van der Waals surface area contributed by atoms with Gasteiger partial charge in [-0.25, -0.2) is 4.98 Å². The molecular formula is C26H25N3O5S. The number of thiazole rings is 1. The number of carbonyl (C=O) groups is 3. The molecule has 2 aliphatic heterocycles. The Labute approximate surface area is 207 Å². The van der Waals surface area contributed by atoms with Crippen LogP contribution in [0.1, 0.15) is 44.3 Å². The van der Waals surface area contributed by atoms with Gasteiger partial charge in [-0.3, -0.25) is 19.3 Å². The highest BCUT2D eigenvalue weighted by molar-refractivity contribution is 7.09. The molecular weight excluding hydrogens is 466 g/mol. The van der Waals surface area contributed by atoms with Gasteiger partial charge in [0.05, 0.1) is 12.2 Å². The zero-order valence-electron chi connectivity index (χ0n) is 19.4. The summed E-state index contributed by atoms with van der Waals surface area (Å²) in [6.45, 7) is 3.41. The van der Waals surface area contributed by atoms with Gasteiger partial charge in [-0.05, 0) is 49.6 Å². The summed E-state index contributed by atoms with van der Waals surface area (Å²) in [4.78, 5) is 46.1. The lowest BCUT2D eigenvalue weighted by atomic mass is 10.1. The Morgan fingerprint density at radius 2 is 1.94 bits per heavy atom. The van der Waals surface area contributed by atoms with Crippen LogP contribution in [0.3, 0.4) is 0 Å². The Kier molecular flexibility index (Phi) is 6.50. The van der Waals surface area contributed by atoms with E-state index in [9.17, 15) is 14.4 Å². The third-order valence-corrected chi connectivity index (χ3v) is 6.97. The topological polar surface area (TPSA) is 89.0 Å². The molecule has 5 rings (SSSR count). The molecule has 0 atom stereocenters. The number of hydrogen-bond acceptors (Lipinski definition) is 7. The van der Waals surface area contributed by atoms with E-state index in [0.29, 0.717) is 33.5 Å². The molecule has 0 saturated carbocycles. The van der Waals surface area contributed by atoms with Crippen molar-refractivity contribution in [1.29, 1.82) is 0 Å². The second kappa shape index (κ2) is 9.87. The van der Waals surface area contributed by atoms with Gasteiger partial charge >= 0.3 is 0 Å². The molecule has 180 valence electrons. The Morgan fingerprint density at radius 3 is 2.74 bits per heavy atom. The van der Waals surface area contributed by atoms with E-state index in [-0.39, 0.29) is 37.4 Å². The fourth-order valence-corrected chi connectivity index (χ4v) is 4.95. The largest absolute Gasteiger partial charge is 0.485 e. The number of Topliss-reactive ketones (excluding diaryl/α,β-unsaturated/α-hetero) is 1. The molecule has 35 heavy (non-hydrogen) atoms. The van der Waals surface area contributed by atoms with Crippen LogP contribution in [-0.2, 0) is 11.3 Å². The Bertz CT molecular complexity index is 1280. The summed E-state index contributed by atoms with van der Waals surface area (Å²) in [6, 6.07) is 12.5. The zero-order valence-corrected chi connectivity index (χ0v) is 20.2. The number of amides is 2. The van der Waals surface area contributed by atoms with Gasteiger partial charge < -0.3 is 14.4 Å². The van der Waals surface area contributed by atoms with Crippen molar-refractivity contribution >= 4 is 34.6 Å². The number of para-hydroxylation sites is 1. The van der Waals surface area contributed by atoms with Gasteiger partial charge in [0.25, 0.3) is 11.8 Å². The van der Waals surface area contributed by atoms with Crippen LogP contribution in [0.2, 0.25) is 0 Å². The van der Waals surface area contributed by atoms with Crippen molar-refractivity contribution in [3.05, 3.63) is 69.7 Å². The summed E-state index contributed by atoms with van der Waals surface area (Å²) >= 11 is 1.34. The molecule has 1 saturated heterocycles. The molecule has 2 amide bonds. The third-order valence-electron chi connectivity index (χ3n) is 6.13. The number of ketones is 1. The summed E-state index contributed by atoms with van der Waals surface area (Å²) in [5.74, 6) is 0.663. The number of ether oxygens (including phenoxy) is 2. The summed E-state index contributed by atoms with van der Waals surface area (Å²) < 4.78 is 11.3. The maximum Gasteiger partial charge on any atom is 0.273 e. The minimum Gasteiger partial charge on any atom is -0.485 e. The normalized spacial score (nSPS) is 15.1. The fraction of sp³-hybridized carbons (Fsp3) is 0.308. The summed E-state index contributed by atoms with van der Waals surface area (Å²) in [7, 11) is 0. The highest BCUT2D eigenvalue weighted by Gasteiger charge is 2.28. The van der Waals surface area contributed by atoms with E-state index in [0.717, 1.165) is 31.5 Å². The molecule has 8 nitrogen and oxygen atoms in total. The smallest absolute Gasteiger partial charge is 0.273 e. The number of likely N-dealkylation sites (tertiary alicyclic amines) is 1. The molecule has 1 fully saturated rings. The summed E-state index contributed by atoms with van der Waals surface area (Å²) in [6.07, 6.45) is 2.03. The highest BCUT2D eigenvalue weighted by atomic mass is 32.1. The molecule has 0 aliphatic carbocycles. The number of aryl methyl sites for hydroxylation is 1. The van der Waals surface area contributed by atoms with E-state index >= 15 is 0 Å². The number of benzene rings is 2. The molecule has 0 unspecified atom stereocenters. The second-order valence-electron chi connectivity index (χ2n) is 8.55. The van der Waals surface area contributed by atoms with Crippen molar-refractivity contribution in [2.45, 2.75) is 26.3 Å². The lowest BCUT2D eigenvalue weighted by Gasteiger charge is -2.29. The number of hydrogen-bond donors (Lipinski definition) is 0. The van der Waals surface area contributed by atoms with Crippen LogP contribution in [0.5, 0.6) is 11.5 Å². The van der Waals surface area contributed by atoms with E-state index < -0.39 is 0 Å². The minimum absolute atomic E-state index is 0.0692. The van der Waals surface area contributed by atoms with Crippen molar-refractivity contribution in [3.63, 3.8) is 0 Å². The number of aromatic nitrogens is 1. The fourth-order valence-electron chi connectivity index (χ4n) is 4.19. The van der Waals surface area contributed by atoms with Crippen LogP contribution in [0.4, 0.5) is 5.69 Å². The van der Waals surface area contributed by atoms with E-state index in [1.807, 2.05) is 36.1 Å². The molecule has 2 aromatic carbocycles. The lowest BCUT2D eigenvalue weighted by molar-refractivity contribution is -0.121. The van der Waals surface area contributed by atoms with Crippen LogP contribution < -0.4 is 14.4 Å². The van der Waals surface area contributed by atoms with Crippen LogP contribution in [-0.4, -0.2) is 53.8 Å². The first-order chi connectivity index (χ1) is 17.0. The predicted octanol–water partition coefficient (Wildman–Crippen LogP) is 3.87. The van der Waals surface area contributed by atoms with E-state index in [1.54, 1.807) is 28.5 Å². The van der Waals surface area contributed by atoms with Crippen LogP contribution in [0, 0.1) is 6.92 Å². The molecule has 9 heteroatoms. The van der Waals surface area contributed by atoms with Gasteiger partial charge in [-0.2, -0.15) is 0 Å². The third kappa shape index (κ3) is 4.90. The van der Waals surface area contributed by atoms with Crippen LogP contribution in [0.25, 0.3) is 0 Å². The molecule has 2 aliphatic rings. The minimum atomic E-state index is -0.235. The average Bonchev–Trinajstić information content (AvgIpc) is 3.57. The first kappa shape index (κ1) is 23.0. The Balaban J connectivity index is 1.32. The van der Waals surface area contributed by atoms with Crippen molar-refractivity contribution in [1.82, 2.24) is 9.88 Å². The number of rotatable bonds is 7. The SMILES string of the molecule is Cc1ccccc1OCC(=O)c1ccc2c(c1)N(Cc1nc(C(=O)N3CCCC3)cs1)C(=O)CO2. The van der Waals surface area contributed by atoms with Crippen molar-refractivity contribution in [2.75, 3.05) is 31.2 Å². The van der Waals surface area contributed by atoms with Gasteiger partial charge in [0.15, 0.2) is 19.0 Å². The molecule has 1 aromatic heterocycles. The average molecular weight is 492 g/mol. The first-order valence-electron chi connectivity index (χ1n) is 11.5. The maximum absolute atomic E-state index is 12.8. The molecule has 0 bridgehead atoms. The quantitative estimate of drug-likeness (QED) is 0.466. The molecule has 3 aromatic rings. The standard InChI is InChI=1S/C26H25N3O5S/c1-17-6-2-3-7-22(17)33-14-21(30)18-8-9-23-20(12-18)29(25(31)15-34-23)13-24-27-19(16-35-24)26(32)28-10-4-5-11-28/h2-3,6-9,12,16H,4-5,10-11,13-15H2,1H3. The van der Waals surface area contributed by atoms with Gasteiger partial charge in [0.2, 0.25) is 0 Å². The van der Waals surface area contributed by atoms with Gasteiger partial charge in [0.1, 0.15) is 22.2 Å². The van der Waals surface area contributed by atoms with Gasteiger partial charge in [-0.15, -0.1) is 11.3 Å². The maximum atomic E-state index is 12.8. The van der Waals surface area contributed by atoms with Gasteiger partial charge in [0, 0.05) is 24.0 Å². The van der Waals surface area contributed by atoms with E-state index in [1.165, 1.54) is 11.3 Å². The number of anilines is 1. The Morgan fingerprint density at radius 1 is 1.14 bits per heavy atom. The number of fused-ring (bicyclic) bond motifs is 1. The molecule has 0 spiro atoms. The Hall–Kier alpha value is -3.72. The summed E-state index contributed by atoms with van der Waals surface area (Å²) in [5, 5.41) is 2.39. The number of carbonyl (C=O) groups excluding carboxylic acids is 3. The van der Waals surface area contributed by atoms with Crippen molar-refractivity contribution in [3.8, 4) is 11.5 Å². The zero-order chi connectivity index (χ0) is 24.4. The van der Waals surface area contributed by atoms with Crippen LogP contribution in [0.15, 0.2) is 47.8 Å². The van der Waals surface area contributed by atoms with Crippen molar-refractivity contribution < 1.29 is 23.9 Å². The van der Waals surface area contributed by atoms with Gasteiger partial charge in [-0.1, -0.05) is 18.2 Å².